The van der Waals surface area contributed by atoms with E-state index in [2.05, 4.69) is 10.9 Å². The van der Waals surface area contributed by atoms with Crippen LogP contribution in [0.1, 0.15) is 26.7 Å². The predicted molar refractivity (Wildman–Crippen MR) is 45.5 cm³/mol. The maximum Gasteiger partial charge on any atom is 0.267 e. The van der Waals surface area contributed by atoms with E-state index in [0.717, 1.165) is 6.42 Å². The minimum atomic E-state index is -0.415. The molecular formula is C8H14N2O3. The zero-order chi connectivity index (χ0) is 9.84. The third kappa shape index (κ3) is 3.02. The topological polar surface area (TPSA) is 67.4 Å². The lowest BCUT2D eigenvalue weighted by Gasteiger charge is -2.11. The molecule has 1 saturated heterocycles. The first-order valence-corrected chi connectivity index (χ1v) is 4.31. The highest BCUT2D eigenvalue weighted by atomic mass is 16.5. The van der Waals surface area contributed by atoms with E-state index in [4.69, 9.17) is 4.74 Å². The quantitative estimate of drug-likeness (QED) is 0.553. The largest absolute Gasteiger partial charge is 0.365 e. The van der Waals surface area contributed by atoms with E-state index in [1.807, 2.05) is 6.92 Å². The van der Waals surface area contributed by atoms with Gasteiger partial charge >= 0.3 is 0 Å². The summed E-state index contributed by atoms with van der Waals surface area (Å²) in [4.78, 5) is 21.7. The maximum absolute atomic E-state index is 11.2. The van der Waals surface area contributed by atoms with Crippen LogP contribution in [-0.4, -0.2) is 24.0 Å². The summed E-state index contributed by atoms with van der Waals surface area (Å²) in [6.45, 7) is 3.25. The molecule has 5 nitrogen and oxygen atoms in total. The first-order valence-electron chi connectivity index (χ1n) is 4.31. The van der Waals surface area contributed by atoms with Gasteiger partial charge in [0.25, 0.3) is 5.91 Å². The molecule has 0 unspecified atom stereocenters. The fourth-order valence-electron chi connectivity index (χ4n) is 1.23. The molecule has 2 atom stereocenters. The zero-order valence-electron chi connectivity index (χ0n) is 7.79. The highest BCUT2D eigenvalue weighted by Gasteiger charge is 2.27. The smallest absolute Gasteiger partial charge is 0.267 e. The highest BCUT2D eigenvalue weighted by Crippen LogP contribution is 2.18. The van der Waals surface area contributed by atoms with E-state index < -0.39 is 6.10 Å². The van der Waals surface area contributed by atoms with Crippen molar-refractivity contribution in [1.29, 1.82) is 0 Å². The first kappa shape index (κ1) is 9.98. The second-order valence-electron chi connectivity index (χ2n) is 3.18. The average molecular weight is 186 g/mol. The summed E-state index contributed by atoms with van der Waals surface area (Å²) in [5.41, 5.74) is 4.50. The van der Waals surface area contributed by atoms with Crippen molar-refractivity contribution in [3.63, 3.8) is 0 Å². The molecule has 5 heteroatoms. The van der Waals surface area contributed by atoms with Crippen LogP contribution in [0.25, 0.3) is 0 Å². The van der Waals surface area contributed by atoms with Crippen molar-refractivity contribution >= 4 is 11.8 Å². The molecule has 0 saturated carbocycles. The van der Waals surface area contributed by atoms with Crippen LogP contribution in [0.15, 0.2) is 0 Å². The number of hydrazine groups is 1. The molecule has 1 aliphatic heterocycles. The van der Waals surface area contributed by atoms with Crippen LogP contribution in [-0.2, 0) is 14.3 Å². The Bertz CT molecular complexity index is 217. The SMILES string of the molecule is CC(=O)NNC(=O)[C@@H]1CC[C@H](C)O1. The molecule has 2 amide bonds. The van der Waals surface area contributed by atoms with E-state index in [1.165, 1.54) is 6.92 Å². The van der Waals surface area contributed by atoms with Crippen molar-refractivity contribution in [2.45, 2.75) is 38.9 Å². The van der Waals surface area contributed by atoms with Crippen LogP contribution in [0.4, 0.5) is 0 Å². The van der Waals surface area contributed by atoms with Gasteiger partial charge < -0.3 is 4.74 Å². The maximum atomic E-state index is 11.2. The van der Waals surface area contributed by atoms with Crippen molar-refractivity contribution < 1.29 is 14.3 Å². The Morgan fingerprint density at radius 1 is 1.31 bits per heavy atom. The standard InChI is InChI=1S/C8H14N2O3/c1-5-3-4-7(13-5)8(12)10-9-6(2)11/h5,7H,3-4H2,1-2H3,(H,9,11)(H,10,12)/t5-,7-/m0/s1. The van der Waals surface area contributed by atoms with Gasteiger partial charge in [-0.05, 0) is 19.8 Å². The molecule has 0 aliphatic carbocycles. The first-order chi connectivity index (χ1) is 6.09. The molecule has 0 aromatic carbocycles. The number of hydrogen-bond acceptors (Lipinski definition) is 3. The van der Waals surface area contributed by atoms with Crippen molar-refractivity contribution in [3.8, 4) is 0 Å². The number of amides is 2. The molecule has 0 bridgehead atoms. The normalized spacial score (nSPS) is 26.9. The minimum absolute atomic E-state index is 0.132. The molecule has 1 heterocycles. The summed E-state index contributed by atoms with van der Waals surface area (Å²) in [5, 5.41) is 0. The third-order valence-corrected chi connectivity index (χ3v) is 1.89. The number of nitrogens with one attached hydrogen (secondary N) is 2. The van der Waals surface area contributed by atoms with Gasteiger partial charge in [-0.3, -0.25) is 20.4 Å². The molecule has 1 fully saturated rings. The van der Waals surface area contributed by atoms with Gasteiger partial charge in [0, 0.05) is 6.92 Å². The highest BCUT2D eigenvalue weighted by molar-refractivity contribution is 5.83. The molecule has 0 aromatic rings. The predicted octanol–water partition coefficient (Wildman–Crippen LogP) is -0.279. The summed E-state index contributed by atoms with van der Waals surface area (Å²) in [6.07, 6.45) is 1.32. The Balaban J connectivity index is 2.27. The molecule has 1 aliphatic rings. The van der Waals surface area contributed by atoms with Crippen LogP contribution in [0.2, 0.25) is 0 Å². The van der Waals surface area contributed by atoms with Crippen LogP contribution in [0.3, 0.4) is 0 Å². The Morgan fingerprint density at radius 2 is 2.00 bits per heavy atom. The van der Waals surface area contributed by atoms with Crippen LogP contribution in [0.5, 0.6) is 0 Å². The summed E-state index contributed by atoms with van der Waals surface area (Å²) < 4.78 is 5.29. The van der Waals surface area contributed by atoms with Gasteiger partial charge in [0.15, 0.2) is 0 Å². The molecule has 0 aromatic heterocycles. The van der Waals surface area contributed by atoms with Gasteiger partial charge in [-0.1, -0.05) is 0 Å². The van der Waals surface area contributed by atoms with Gasteiger partial charge in [-0.2, -0.15) is 0 Å². The average Bonchev–Trinajstić information content (AvgIpc) is 2.47. The number of carbonyl (C=O) groups is 2. The second kappa shape index (κ2) is 4.23. The van der Waals surface area contributed by atoms with Gasteiger partial charge in [0.2, 0.25) is 5.91 Å². The molecule has 0 spiro atoms. The van der Waals surface area contributed by atoms with E-state index >= 15 is 0 Å². The lowest BCUT2D eigenvalue weighted by molar-refractivity contribution is -0.135. The fourth-order valence-corrected chi connectivity index (χ4v) is 1.23. The molecule has 13 heavy (non-hydrogen) atoms. The van der Waals surface area contributed by atoms with E-state index in [1.54, 1.807) is 0 Å². The Hall–Kier alpha value is -1.10. The summed E-state index contributed by atoms with van der Waals surface area (Å²) in [7, 11) is 0. The lowest BCUT2D eigenvalue weighted by Crippen LogP contribution is -2.45. The summed E-state index contributed by atoms with van der Waals surface area (Å²) in [6, 6.07) is 0. The number of rotatable bonds is 1. The minimum Gasteiger partial charge on any atom is -0.365 e. The van der Waals surface area contributed by atoms with E-state index in [9.17, 15) is 9.59 Å². The number of carbonyl (C=O) groups excluding carboxylic acids is 2. The third-order valence-electron chi connectivity index (χ3n) is 1.89. The van der Waals surface area contributed by atoms with E-state index in [-0.39, 0.29) is 17.9 Å². The van der Waals surface area contributed by atoms with Gasteiger partial charge in [0.1, 0.15) is 6.10 Å². The van der Waals surface area contributed by atoms with E-state index in [0.29, 0.717) is 6.42 Å². The van der Waals surface area contributed by atoms with Gasteiger partial charge in [-0.15, -0.1) is 0 Å². The zero-order valence-corrected chi connectivity index (χ0v) is 7.79. The monoisotopic (exact) mass is 186 g/mol. The molecule has 74 valence electrons. The Morgan fingerprint density at radius 3 is 2.46 bits per heavy atom. The molecule has 0 radical (unpaired) electrons. The van der Waals surface area contributed by atoms with Crippen LogP contribution in [0, 0.1) is 0 Å². The van der Waals surface area contributed by atoms with Crippen LogP contribution < -0.4 is 10.9 Å². The number of ether oxygens (including phenoxy) is 1. The van der Waals surface area contributed by atoms with Crippen LogP contribution >= 0.6 is 0 Å². The summed E-state index contributed by atoms with van der Waals surface area (Å²) in [5.74, 6) is -0.570. The Labute approximate surface area is 76.8 Å². The molecule has 1 rings (SSSR count). The Kier molecular flexibility index (Phi) is 3.25. The van der Waals surface area contributed by atoms with Crippen molar-refractivity contribution in [3.05, 3.63) is 0 Å². The summed E-state index contributed by atoms with van der Waals surface area (Å²) >= 11 is 0. The van der Waals surface area contributed by atoms with Gasteiger partial charge in [0.05, 0.1) is 6.10 Å². The molecular weight excluding hydrogens is 172 g/mol. The van der Waals surface area contributed by atoms with Crippen molar-refractivity contribution in [1.82, 2.24) is 10.9 Å². The lowest BCUT2D eigenvalue weighted by atomic mass is 10.2. The van der Waals surface area contributed by atoms with Gasteiger partial charge in [-0.25, -0.2) is 0 Å². The number of hydrogen-bond donors (Lipinski definition) is 2. The molecule has 2 N–H and O–H groups in total. The fraction of sp³-hybridized carbons (Fsp3) is 0.750. The van der Waals surface area contributed by atoms with Crippen molar-refractivity contribution in [2.75, 3.05) is 0 Å². The second-order valence-corrected chi connectivity index (χ2v) is 3.18. The van der Waals surface area contributed by atoms with Crippen molar-refractivity contribution in [2.24, 2.45) is 0 Å².